The predicted octanol–water partition coefficient (Wildman–Crippen LogP) is 5.90. The summed E-state index contributed by atoms with van der Waals surface area (Å²) in [7, 11) is -3.90. The second kappa shape index (κ2) is 8.80. The summed E-state index contributed by atoms with van der Waals surface area (Å²) in [5, 5.41) is 4.18. The van der Waals surface area contributed by atoms with E-state index in [2.05, 4.69) is 64.9 Å². The van der Waals surface area contributed by atoms with Gasteiger partial charge in [-0.2, -0.15) is 8.42 Å². The van der Waals surface area contributed by atoms with Gasteiger partial charge in [-0.05, 0) is 48.1 Å². The van der Waals surface area contributed by atoms with Crippen LogP contribution in [0.4, 0.5) is 11.4 Å². The molecule has 0 saturated carbocycles. The van der Waals surface area contributed by atoms with Gasteiger partial charge in [-0.25, -0.2) is 0 Å². The molecule has 0 saturated heterocycles. The van der Waals surface area contributed by atoms with Crippen molar-refractivity contribution in [2.24, 2.45) is 10.3 Å². The number of aryl methyl sites for hydroxylation is 1. The maximum absolute atomic E-state index is 13.0. The normalized spacial score (nSPS) is 15.0. The lowest BCUT2D eigenvalue weighted by Crippen LogP contribution is -2.22. The summed E-state index contributed by atoms with van der Waals surface area (Å²) in [6.45, 7) is 9.57. The molecule has 0 aliphatic carbocycles. The average molecular weight is 473 g/mol. The number of rotatable bonds is 7. The van der Waals surface area contributed by atoms with Crippen LogP contribution in [0.2, 0.25) is 0 Å². The smallest absolute Gasteiger partial charge is 0.286 e. The lowest BCUT2D eigenvalue weighted by molar-refractivity contribution is 0.524. The number of aromatic nitrogens is 1. The highest BCUT2D eigenvalue weighted by molar-refractivity contribution is 7.95. The van der Waals surface area contributed by atoms with E-state index < -0.39 is 10.0 Å². The molecule has 7 nitrogen and oxygen atoms in total. The summed E-state index contributed by atoms with van der Waals surface area (Å²) >= 11 is 0.413. The Kier molecular flexibility index (Phi) is 6.24. The Hall–Kier alpha value is -2.49. The molecule has 2 heterocycles. The molecule has 0 radical (unpaired) electrons. The molecule has 0 atom stereocenters. The SMILES string of the molecule is CC(C)CCn1cc(C2=NS(=O)(=O)c3cc(NSO)ccc3N2)c2ccc(C(C)C)cc21. The van der Waals surface area contributed by atoms with Gasteiger partial charge in [0.25, 0.3) is 10.0 Å². The van der Waals surface area contributed by atoms with Crippen molar-refractivity contribution >= 4 is 50.4 Å². The number of hydrogen-bond acceptors (Lipinski definition) is 6. The van der Waals surface area contributed by atoms with Gasteiger partial charge >= 0.3 is 0 Å². The minimum Gasteiger partial charge on any atom is -0.347 e. The van der Waals surface area contributed by atoms with Crippen molar-refractivity contribution in [1.82, 2.24) is 4.57 Å². The molecule has 4 rings (SSSR count). The van der Waals surface area contributed by atoms with Crippen molar-refractivity contribution < 1.29 is 13.0 Å². The second-order valence-corrected chi connectivity index (χ2v) is 10.8. The number of fused-ring (bicyclic) bond motifs is 2. The van der Waals surface area contributed by atoms with E-state index in [4.69, 9.17) is 4.55 Å². The van der Waals surface area contributed by atoms with Crippen molar-refractivity contribution in [3.8, 4) is 0 Å². The van der Waals surface area contributed by atoms with E-state index in [0.717, 1.165) is 29.4 Å². The van der Waals surface area contributed by atoms with Crippen molar-refractivity contribution in [3.05, 3.63) is 53.7 Å². The third-order valence-electron chi connectivity index (χ3n) is 5.66. The zero-order valence-electron chi connectivity index (χ0n) is 18.6. The molecule has 9 heteroatoms. The molecule has 0 unspecified atom stereocenters. The minimum absolute atomic E-state index is 0.0749. The monoisotopic (exact) mass is 472 g/mol. The number of nitrogens with zero attached hydrogens (tertiary/aromatic N) is 2. The standard InChI is InChI=1S/C23H28N4O3S2/c1-14(2)9-10-27-13-19(18-7-5-16(15(3)4)11-21(18)27)23-24-20-8-6-17(25-31-28)12-22(20)32(29,30)26-23/h5-8,11-15,25,28H,9-10H2,1-4H3,(H,24,26). The largest absolute Gasteiger partial charge is 0.347 e. The van der Waals surface area contributed by atoms with Crippen LogP contribution < -0.4 is 10.0 Å². The summed E-state index contributed by atoms with van der Waals surface area (Å²) in [5.74, 6) is 1.27. The van der Waals surface area contributed by atoms with Crippen LogP contribution in [-0.2, 0) is 16.6 Å². The third-order valence-corrected chi connectivity index (χ3v) is 7.31. The van der Waals surface area contributed by atoms with Crippen LogP contribution in [0.5, 0.6) is 0 Å². The Labute approximate surface area is 193 Å². The summed E-state index contributed by atoms with van der Waals surface area (Å²) in [6.07, 6.45) is 3.02. The molecule has 32 heavy (non-hydrogen) atoms. The van der Waals surface area contributed by atoms with Crippen LogP contribution >= 0.6 is 12.2 Å². The topological polar surface area (TPSA) is 95.7 Å². The molecule has 1 aromatic heterocycles. The van der Waals surface area contributed by atoms with E-state index in [1.807, 2.05) is 6.20 Å². The summed E-state index contributed by atoms with van der Waals surface area (Å²) in [6, 6.07) is 11.2. The fourth-order valence-corrected chi connectivity index (χ4v) is 5.22. The highest BCUT2D eigenvalue weighted by Gasteiger charge is 2.28. The van der Waals surface area contributed by atoms with Gasteiger partial charge in [0.15, 0.2) is 5.84 Å². The van der Waals surface area contributed by atoms with Gasteiger partial charge in [0.1, 0.15) is 17.1 Å². The van der Waals surface area contributed by atoms with Crippen LogP contribution in [0.25, 0.3) is 10.9 Å². The molecule has 0 amide bonds. The van der Waals surface area contributed by atoms with Crippen LogP contribution in [-0.4, -0.2) is 23.4 Å². The van der Waals surface area contributed by atoms with Gasteiger partial charge in [-0.15, -0.1) is 4.40 Å². The molecule has 0 spiro atoms. The van der Waals surface area contributed by atoms with E-state index in [9.17, 15) is 8.42 Å². The molecule has 3 N–H and O–H groups in total. The van der Waals surface area contributed by atoms with Crippen molar-refractivity contribution in [2.45, 2.75) is 51.5 Å². The van der Waals surface area contributed by atoms with Crippen LogP contribution in [0.15, 0.2) is 51.9 Å². The number of sulfonamides is 1. The van der Waals surface area contributed by atoms with E-state index in [1.165, 1.54) is 11.6 Å². The fourth-order valence-electron chi connectivity index (χ4n) is 3.83. The zero-order valence-corrected chi connectivity index (χ0v) is 20.2. The van der Waals surface area contributed by atoms with Gasteiger partial charge in [-0.1, -0.05) is 39.8 Å². The maximum atomic E-state index is 13.0. The Bertz CT molecular complexity index is 1290. The maximum Gasteiger partial charge on any atom is 0.286 e. The molecule has 2 aromatic carbocycles. The summed E-state index contributed by atoms with van der Waals surface area (Å²) < 4.78 is 43.9. The second-order valence-electron chi connectivity index (χ2n) is 8.79. The first kappa shape index (κ1) is 22.7. The molecular formula is C23H28N4O3S2. The quantitative estimate of drug-likeness (QED) is 0.292. The number of hydrogen-bond donors (Lipinski definition) is 3. The average Bonchev–Trinajstić information content (AvgIpc) is 3.10. The zero-order chi connectivity index (χ0) is 23.0. The van der Waals surface area contributed by atoms with Crippen molar-refractivity contribution in [3.63, 3.8) is 0 Å². The first-order valence-electron chi connectivity index (χ1n) is 10.6. The van der Waals surface area contributed by atoms with Crippen molar-refractivity contribution in [1.29, 1.82) is 0 Å². The highest BCUT2D eigenvalue weighted by Crippen LogP contribution is 2.34. The Balaban J connectivity index is 1.82. The van der Waals surface area contributed by atoms with Crippen LogP contribution in [0, 0.1) is 5.92 Å². The number of nitrogens with one attached hydrogen (secondary N) is 2. The lowest BCUT2D eigenvalue weighted by atomic mass is 10.0. The number of amidine groups is 1. The molecule has 1 aliphatic rings. The van der Waals surface area contributed by atoms with E-state index in [1.54, 1.807) is 12.1 Å². The number of anilines is 2. The van der Waals surface area contributed by atoms with Gasteiger partial charge < -0.3 is 19.2 Å². The van der Waals surface area contributed by atoms with Crippen LogP contribution in [0.3, 0.4) is 0 Å². The Morgan fingerprint density at radius 3 is 2.62 bits per heavy atom. The van der Waals surface area contributed by atoms with E-state index >= 15 is 0 Å². The minimum atomic E-state index is -3.90. The molecule has 0 fully saturated rings. The Morgan fingerprint density at radius 1 is 1.16 bits per heavy atom. The van der Waals surface area contributed by atoms with Gasteiger partial charge in [-0.3, -0.25) is 0 Å². The first-order chi connectivity index (χ1) is 15.2. The molecule has 170 valence electrons. The van der Waals surface area contributed by atoms with Crippen molar-refractivity contribution in [2.75, 3.05) is 10.0 Å². The summed E-state index contributed by atoms with van der Waals surface area (Å²) in [5.41, 5.74) is 4.03. The van der Waals surface area contributed by atoms with E-state index in [0.29, 0.717) is 41.3 Å². The lowest BCUT2D eigenvalue weighted by Gasteiger charge is -2.19. The third kappa shape index (κ3) is 4.37. The van der Waals surface area contributed by atoms with Gasteiger partial charge in [0.2, 0.25) is 0 Å². The molecule has 1 aliphatic heterocycles. The van der Waals surface area contributed by atoms with Crippen LogP contribution in [0.1, 0.15) is 51.2 Å². The fraction of sp³-hybridized carbons (Fsp3) is 0.348. The highest BCUT2D eigenvalue weighted by atomic mass is 32.2. The predicted molar refractivity (Wildman–Crippen MR) is 133 cm³/mol. The molecule has 3 aromatic rings. The Morgan fingerprint density at radius 2 is 1.94 bits per heavy atom. The number of benzene rings is 2. The van der Waals surface area contributed by atoms with E-state index in [-0.39, 0.29) is 4.90 Å². The van der Waals surface area contributed by atoms with Gasteiger partial charge in [0, 0.05) is 34.9 Å². The molecule has 0 bridgehead atoms. The summed E-state index contributed by atoms with van der Waals surface area (Å²) in [4.78, 5) is 0.0749. The van der Waals surface area contributed by atoms with Gasteiger partial charge in [0.05, 0.1) is 5.69 Å². The first-order valence-corrected chi connectivity index (χ1v) is 12.9. The molecular weight excluding hydrogens is 444 g/mol.